The third kappa shape index (κ3) is 3.23. The largest absolute Gasteiger partial charge is 0.322 e. The van der Waals surface area contributed by atoms with E-state index in [1.165, 1.54) is 12.8 Å². The first-order chi connectivity index (χ1) is 11.8. The third-order valence-corrected chi connectivity index (χ3v) is 4.66. The lowest BCUT2D eigenvalue weighted by atomic mass is 10.1. The van der Waals surface area contributed by atoms with Gasteiger partial charge in [-0.2, -0.15) is 0 Å². The first-order valence-electron chi connectivity index (χ1n) is 8.51. The number of pyridine rings is 1. The Kier molecular flexibility index (Phi) is 4.13. The van der Waals surface area contributed by atoms with Crippen LogP contribution in [0.25, 0.3) is 10.9 Å². The van der Waals surface area contributed by atoms with Crippen LogP contribution in [0, 0.1) is 0 Å². The summed E-state index contributed by atoms with van der Waals surface area (Å²) in [7, 11) is 0. The molecule has 24 heavy (non-hydrogen) atoms. The first-order valence-corrected chi connectivity index (χ1v) is 8.51. The van der Waals surface area contributed by atoms with Crippen LogP contribution in [0.1, 0.15) is 30.5 Å². The molecule has 0 radical (unpaired) electrons. The van der Waals surface area contributed by atoms with Crippen molar-refractivity contribution >= 4 is 10.9 Å². The number of H-pyrrole nitrogens is 1. The van der Waals surface area contributed by atoms with Gasteiger partial charge in [-0.1, -0.05) is 23.4 Å². The van der Waals surface area contributed by atoms with Gasteiger partial charge < -0.3 is 10.3 Å². The molecule has 1 saturated heterocycles. The van der Waals surface area contributed by atoms with Crippen LogP contribution in [0.15, 0.2) is 41.3 Å². The van der Waals surface area contributed by atoms with Gasteiger partial charge >= 0.3 is 0 Å². The molecule has 124 valence electrons. The molecule has 1 atom stereocenters. The number of nitrogens with one attached hydrogen (secondary N) is 2. The van der Waals surface area contributed by atoms with Crippen molar-refractivity contribution in [2.75, 3.05) is 6.54 Å². The van der Waals surface area contributed by atoms with Gasteiger partial charge in [0, 0.05) is 23.3 Å². The Balaban J connectivity index is 1.47. The highest BCUT2D eigenvalue weighted by Gasteiger charge is 2.14. The van der Waals surface area contributed by atoms with Crippen LogP contribution in [0.5, 0.6) is 0 Å². The summed E-state index contributed by atoms with van der Waals surface area (Å²) in [5.74, 6) is 0. The molecular formula is C18H21N5O. The van der Waals surface area contributed by atoms with Crippen molar-refractivity contribution in [1.82, 2.24) is 25.3 Å². The molecule has 1 aliphatic rings. The van der Waals surface area contributed by atoms with Crippen LogP contribution >= 0.6 is 0 Å². The zero-order valence-electron chi connectivity index (χ0n) is 13.5. The quantitative estimate of drug-likeness (QED) is 0.751. The maximum Gasteiger partial charge on any atom is 0.253 e. The van der Waals surface area contributed by atoms with Gasteiger partial charge in [-0.3, -0.25) is 4.79 Å². The normalized spacial score (nSPS) is 17.6. The minimum Gasteiger partial charge on any atom is -0.322 e. The van der Waals surface area contributed by atoms with Gasteiger partial charge in [-0.15, -0.1) is 5.10 Å². The van der Waals surface area contributed by atoms with Crippen LogP contribution in [0.3, 0.4) is 0 Å². The lowest BCUT2D eigenvalue weighted by Crippen LogP contribution is -2.21. The van der Waals surface area contributed by atoms with E-state index in [4.69, 9.17) is 0 Å². The Labute approximate surface area is 139 Å². The highest BCUT2D eigenvalue weighted by atomic mass is 16.1. The van der Waals surface area contributed by atoms with Crippen LogP contribution in [-0.2, 0) is 13.0 Å². The molecule has 3 aromatic rings. The Hall–Kier alpha value is -2.47. The van der Waals surface area contributed by atoms with Gasteiger partial charge in [-0.05, 0) is 49.7 Å². The number of fused-ring (bicyclic) bond motifs is 1. The summed E-state index contributed by atoms with van der Waals surface area (Å²) in [5.41, 5.74) is 2.47. The van der Waals surface area contributed by atoms with Gasteiger partial charge in [0.2, 0.25) is 0 Å². The number of aromatic nitrogens is 4. The van der Waals surface area contributed by atoms with Crippen LogP contribution in [-0.4, -0.2) is 32.6 Å². The Morgan fingerprint density at radius 1 is 1.29 bits per heavy atom. The number of benzene rings is 1. The number of nitrogens with zero attached hydrogens (tertiary/aromatic N) is 3. The monoisotopic (exact) mass is 323 g/mol. The molecule has 1 fully saturated rings. The summed E-state index contributed by atoms with van der Waals surface area (Å²) in [6.45, 7) is 1.57. The minimum atomic E-state index is -0.0686. The second-order valence-electron chi connectivity index (χ2n) is 6.45. The predicted octanol–water partition coefficient (Wildman–Crippen LogP) is 1.85. The van der Waals surface area contributed by atoms with E-state index in [2.05, 4.69) is 20.6 Å². The molecule has 0 aliphatic carbocycles. The fourth-order valence-corrected chi connectivity index (χ4v) is 3.34. The minimum absolute atomic E-state index is 0.0686. The maximum absolute atomic E-state index is 12.2. The summed E-state index contributed by atoms with van der Waals surface area (Å²) < 4.78 is 1.75. The number of para-hydroxylation sites is 1. The molecule has 1 aromatic carbocycles. The van der Waals surface area contributed by atoms with Gasteiger partial charge in [0.1, 0.15) is 0 Å². The molecule has 2 aromatic heterocycles. The summed E-state index contributed by atoms with van der Waals surface area (Å²) in [4.78, 5) is 15.1. The molecule has 1 unspecified atom stereocenters. The van der Waals surface area contributed by atoms with Gasteiger partial charge in [0.25, 0.3) is 5.56 Å². The molecule has 1 aliphatic heterocycles. The molecule has 0 bridgehead atoms. The smallest absolute Gasteiger partial charge is 0.253 e. The van der Waals surface area contributed by atoms with Crippen molar-refractivity contribution in [3.8, 4) is 0 Å². The molecule has 6 heteroatoms. The second kappa shape index (κ2) is 6.57. The second-order valence-corrected chi connectivity index (χ2v) is 6.45. The van der Waals surface area contributed by atoms with Crippen molar-refractivity contribution in [2.45, 2.75) is 38.3 Å². The Bertz CT molecular complexity index is 892. The van der Waals surface area contributed by atoms with E-state index in [-0.39, 0.29) is 5.56 Å². The highest BCUT2D eigenvalue weighted by molar-refractivity contribution is 5.78. The van der Waals surface area contributed by atoms with Crippen LogP contribution in [0.4, 0.5) is 0 Å². The highest BCUT2D eigenvalue weighted by Crippen LogP contribution is 2.13. The summed E-state index contributed by atoms with van der Waals surface area (Å²) in [6.07, 6.45) is 6.48. The van der Waals surface area contributed by atoms with Crippen LogP contribution < -0.4 is 10.9 Å². The lowest BCUT2D eigenvalue weighted by molar-refractivity contribution is 0.555. The van der Waals surface area contributed by atoms with Crippen molar-refractivity contribution in [3.05, 3.63) is 58.1 Å². The van der Waals surface area contributed by atoms with E-state index in [0.717, 1.165) is 36.0 Å². The zero-order valence-corrected chi connectivity index (χ0v) is 13.5. The number of aromatic amines is 1. The molecule has 0 spiro atoms. The average molecular weight is 323 g/mol. The zero-order chi connectivity index (χ0) is 16.4. The molecule has 6 nitrogen and oxygen atoms in total. The number of rotatable bonds is 5. The van der Waals surface area contributed by atoms with Gasteiger partial charge in [-0.25, -0.2) is 4.68 Å². The third-order valence-electron chi connectivity index (χ3n) is 4.66. The summed E-state index contributed by atoms with van der Waals surface area (Å²) in [5, 5.41) is 12.9. The van der Waals surface area contributed by atoms with Crippen molar-refractivity contribution in [3.63, 3.8) is 0 Å². The SMILES string of the molecule is O=c1[nH]c2ccccc2cc1Cn1cc(CCC2CCCN2)nn1. The predicted molar refractivity (Wildman–Crippen MR) is 93.0 cm³/mol. The lowest BCUT2D eigenvalue weighted by Gasteiger charge is -2.07. The van der Waals surface area contributed by atoms with Crippen LogP contribution in [0.2, 0.25) is 0 Å². The van der Waals surface area contributed by atoms with E-state index in [1.807, 2.05) is 36.5 Å². The summed E-state index contributed by atoms with van der Waals surface area (Å²) in [6, 6.07) is 10.3. The number of hydrogen-bond donors (Lipinski definition) is 2. The average Bonchev–Trinajstić information content (AvgIpc) is 3.25. The standard InChI is InChI=1S/C18H21N5O/c24-18-14(10-13-4-1-2-6-17(13)20-18)11-23-12-16(21-22-23)8-7-15-5-3-9-19-15/h1-2,4,6,10,12,15,19H,3,5,7-9,11H2,(H,20,24). The van der Waals surface area contributed by atoms with E-state index in [9.17, 15) is 4.79 Å². The van der Waals surface area contributed by atoms with Crippen molar-refractivity contribution in [2.24, 2.45) is 0 Å². The fraction of sp³-hybridized carbons (Fsp3) is 0.389. The van der Waals surface area contributed by atoms with E-state index in [1.54, 1.807) is 4.68 Å². The maximum atomic E-state index is 12.2. The fourth-order valence-electron chi connectivity index (χ4n) is 3.34. The molecule has 0 saturated carbocycles. The first kappa shape index (κ1) is 15.1. The van der Waals surface area contributed by atoms with E-state index in [0.29, 0.717) is 18.2 Å². The topological polar surface area (TPSA) is 75.6 Å². The van der Waals surface area contributed by atoms with E-state index >= 15 is 0 Å². The van der Waals surface area contributed by atoms with Gasteiger partial charge in [0.05, 0.1) is 12.2 Å². The molecular weight excluding hydrogens is 302 g/mol. The number of hydrogen-bond acceptors (Lipinski definition) is 4. The van der Waals surface area contributed by atoms with Crippen molar-refractivity contribution in [1.29, 1.82) is 0 Å². The summed E-state index contributed by atoms with van der Waals surface area (Å²) >= 11 is 0. The van der Waals surface area contributed by atoms with Gasteiger partial charge in [0.15, 0.2) is 0 Å². The Morgan fingerprint density at radius 3 is 3.08 bits per heavy atom. The molecule has 0 amide bonds. The van der Waals surface area contributed by atoms with E-state index < -0.39 is 0 Å². The Morgan fingerprint density at radius 2 is 2.21 bits per heavy atom. The number of aryl methyl sites for hydroxylation is 1. The molecule has 4 rings (SSSR count). The van der Waals surface area contributed by atoms with Crippen molar-refractivity contribution < 1.29 is 0 Å². The molecule has 3 heterocycles. The molecule has 2 N–H and O–H groups in total.